The summed E-state index contributed by atoms with van der Waals surface area (Å²) in [4.78, 5) is 20.1. The van der Waals surface area contributed by atoms with Crippen LogP contribution in [0.1, 0.15) is 50.5 Å². The zero-order valence-electron chi connectivity index (χ0n) is 18.9. The van der Waals surface area contributed by atoms with Gasteiger partial charge in [-0.25, -0.2) is 0 Å². The molecule has 0 spiro atoms. The Kier molecular flexibility index (Phi) is 7.08. The minimum absolute atomic E-state index is 0.0268. The van der Waals surface area contributed by atoms with E-state index in [-0.39, 0.29) is 11.8 Å². The molecule has 32 heavy (non-hydrogen) atoms. The molecule has 1 aliphatic carbocycles. The number of ketones is 1. The Balaban J connectivity index is 1.37. The van der Waals surface area contributed by atoms with Crippen molar-refractivity contribution in [2.45, 2.75) is 57.4 Å². The van der Waals surface area contributed by atoms with Crippen molar-refractivity contribution in [1.82, 2.24) is 4.90 Å². The fourth-order valence-corrected chi connectivity index (χ4v) is 4.99. The number of allylic oxidation sites excluding steroid dienone is 3. The van der Waals surface area contributed by atoms with Gasteiger partial charge in [0.1, 0.15) is 11.3 Å². The van der Waals surface area contributed by atoms with Gasteiger partial charge in [0.2, 0.25) is 0 Å². The summed E-state index contributed by atoms with van der Waals surface area (Å²) in [5.74, 6) is 1.25. The minimum Gasteiger partial charge on any atom is -0.386 e. The van der Waals surface area contributed by atoms with Gasteiger partial charge in [-0.1, -0.05) is 49.3 Å². The van der Waals surface area contributed by atoms with Gasteiger partial charge in [-0.15, -0.1) is 0 Å². The van der Waals surface area contributed by atoms with E-state index in [9.17, 15) is 4.79 Å². The molecule has 0 bridgehead atoms. The third-order valence-corrected chi connectivity index (χ3v) is 6.93. The summed E-state index contributed by atoms with van der Waals surface area (Å²) in [5.41, 5.74) is 8.12. The van der Waals surface area contributed by atoms with Gasteiger partial charge in [-0.2, -0.15) is 0 Å². The van der Waals surface area contributed by atoms with Crippen molar-refractivity contribution in [2.24, 2.45) is 16.1 Å². The molecular formula is C26H35N5O. The number of nitrogens with two attached hydrogens (primary N) is 1. The van der Waals surface area contributed by atoms with E-state index in [1.54, 1.807) is 12.2 Å². The van der Waals surface area contributed by atoms with Crippen molar-refractivity contribution in [2.75, 3.05) is 25.0 Å². The number of unbranched alkanes of at least 4 members (excludes halogenated alkanes) is 2. The largest absolute Gasteiger partial charge is 0.386 e. The second kappa shape index (κ2) is 10.2. The van der Waals surface area contributed by atoms with Crippen LogP contribution >= 0.6 is 0 Å². The number of hydrogen-bond acceptors (Lipinski definition) is 4. The highest BCUT2D eigenvalue weighted by Gasteiger charge is 2.39. The summed E-state index contributed by atoms with van der Waals surface area (Å²) < 4.78 is 0. The smallest absolute Gasteiger partial charge is 0.173 e. The van der Waals surface area contributed by atoms with Crippen LogP contribution < -0.4 is 11.1 Å². The zero-order valence-corrected chi connectivity index (χ0v) is 18.9. The van der Waals surface area contributed by atoms with E-state index < -0.39 is 5.41 Å². The second-order valence-electron chi connectivity index (χ2n) is 9.17. The number of carbonyl (C=O) groups is 1. The Labute approximate surface area is 191 Å². The van der Waals surface area contributed by atoms with Gasteiger partial charge >= 0.3 is 0 Å². The van der Waals surface area contributed by atoms with Crippen molar-refractivity contribution in [3.63, 3.8) is 0 Å². The molecule has 170 valence electrons. The van der Waals surface area contributed by atoms with Crippen molar-refractivity contribution in [3.05, 3.63) is 54.1 Å². The number of carbonyl (C=O) groups excluding carboxylic acids is 1. The molecule has 6 heteroatoms. The summed E-state index contributed by atoms with van der Waals surface area (Å²) in [7, 11) is 0. The SMILES string of the molecule is N=C1CCCCN1CCCCCC1(C(N)=NC2CNc3ccccc3C2)C=CC=CC1=O. The predicted octanol–water partition coefficient (Wildman–Crippen LogP) is 4.09. The van der Waals surface area contributed by atoms with Gasteiger partial charge in [0.25, 0.3) is 0 Å². The van der Waals surface area contributed by atoms with Gasteiger partial charge in [-0.3, -0.25) is 15.2 Å². The number of nitrogens with one attached hydrogen (secondary N) is 2. The first-order valence-electron chi connectivity index (χ1n) is 12.0. The van der Waals surface area contributed by atoms with Crippen LogP contribution in [0.25, 0.3) is 0 Å². The number of aliphatic imine (C=N–C) groups is 1. The molecular weight excluding hydrogens is 398 g/mol. The lowest BCUT2D eigenvalue weighted by molar-refractivity contribution is -0.119. The van der Waals surface area contributed by atoms with Gasteiger partial charge in [0, 0.05) is 31.7 Å². The average Bonchev–Trinajstić information content (AvgIpc) is 2.81. The monoisotopic (exact) mass is 433 g/mol. The lowest BCUT2D eigenvalue weighted by atomic mass is 9.75. The topological polar surface area (TPSA) is 94.6 Å². The summed E-state index contributed by atoms with van der Waals surface area (Å²) in [5, 5.41) is 11.5. The number of benzene rings is 1. The van der Waals surface area contributed by atoms with Crippen LogP contribution in [-0.2, 0) is 11.2 Å². The highest BCUT2D eigenvalue weighted by atomic mass is 16.1. The highest BCUT2D eigenvalue weighted by Crippen LogP contribution is 2.33. The summed E-state index contributed by atoms with van der Waals surface area (Å²) >= 11 is 0. The van der Waals surface area contributed by atoms with Crippen LogP contribution in [0.5, 0.6) is 0 Å². The molecule has 6 nitrogen and oxygen atoms in total. The van der Waals surface area contributed by atoms with Crippen LogP contribution in [0.4, 0.5) is 5.69 Å². The van der Waals surface area contributed by atoms with E-state index in [1.807, 2.05) is 24.3 Å². The van der Waals surface area contributed by atoms with Gasteiger partial charge in [-0.05, 0) is 49.8 Å². The molecule has 0 saturated carbocycles. The Hall–Kier alpha value is -2.89. The fraction of sp³-hybridized carbons (Fsp3) is 0.500. The van der Waals surface area contributed by atoms with Crippen molar-refractivity contribution < 1.29 is 4.79 Å². The lowest BCUT2D eigenvalue weighted by Gasteiger charge is -2.32. The van der Waals surface area contributed by atoms with Crippen LogP contribution in [-0.4, -0.2) is 48.0 Å². The van der Waals surface area contributed by atoms with E-state index in [0.717, 1.165) is 69.7 Å². The number of nitrogens with zero attached hydrogens (tertiary/aromatic N) is 2. The van der Waals surface area contributed by atoms with Gasteiger partial charge in [0.05, 0.1) is 11.9 Å². The maximum absolute atomic E-state index is 13.0. The standard InChI is InChI=1S/C26H35N5O/c27-24-13-5-9-17-31(24)16-8-1-6-14-26(15-7-4-12-23(26)32)25(28)30-21-18-20-10-2-3-11-22(20)29-19-21/h2-4,7,10-12,15,21,27,29H,1,5-6,8-9,13-14,16-19H2,(H2,28,30). The van der Waals surface area contributed by atoms with E-state index in [0.29, 0.717) is 12.3 Å². The van der Waals surface area contributed by atoms with Crippen molar-refractivity contribution >= 4 is 23.1 Å². The molecule has 2 atom stereocenters. The summed E-state index contributed by atoms with van der Waals surface area (Å²) in [6.45, 7) is 2.67. The van der Waals surface area contributed by atoms with Crippen LogP contribution in [0.3, 0.4) is 0 Å². The Morgan fingerprint density at radius 1 is 1.22 bits per heavy atom. The Bertz CT molecular complexity index is 934. The summed E-state index contributed by atoms with van der Waals surface area (Å²) in [6, 6.07) is 8.31. The average molecular weight is 434 g/mol. The van der Waals surface area contributed by atoms with E-state index in [1.165, 1.54) is 12.0 Å². The van der Waals surface area contributed by atoms with Crippen LogP contribution in [0.15, 0.2) is 53.6 Å². The second-order valence-corrected chi connectivity index (χ2v) is 9.17. The fourth-order valence-electron chi connectivity index (χ4n) is 4.99. The first-order valence-corrected chi connectivity index (χ1v) is 12.0. The number of para-hydroxylation sites is 1. The molecule has 0 radical (unpaired) electrons. The Morgan fingerprint density at radius 2 is 2.09 bits per heavy atom. The van der Waals surface area contributed by atoms with Gasteiger partial charge in [0.15, 0.2) is 5.78 Å². The number of rotatable bonds is 8. The maximum atomic E-state index is 13.0. The van der Waals surface area contributed by atoms with Crippen LogP contribution in [0.2, 0.25) is 0 Å². The van der Waals surface area contributed by atoms with E-state index in [2.05, 4.69) is 22.3 Å². The number of likely N-dealkylation sites (tertiary alicyclic amines) is 1. The molecule has 2 aliphatic heterocycles. The normalized spacial score (nSPS) is 25.6. The van der Waals surface area contributed by atoms with Crippen LogP contribution in [0, 0.1) is 10.8 Å². The molecule has 4 N–H and O–H groups in total. The lowest BCUT2D eigenvalue weighted by Crippen LogP contribution is -2.44. The molecule has 1 aromatic rings. The predicted molar refractivity (Wildman–Crippen MR) is 131 cm³/mol. The first-order chi connectivity index (χ1) is 15.6. The van der Waals surface area contributed by atoms with Crippen molar-refractivity contribution in [3.8, 4) is 0 Å². The first kappa shape index (κ1) is 22.3. The number of piperidine rings is 1. The Morgan fingerprint density at radius 3 is 2.94 bits per heavy atom. The number of hydrogen-bond donors (Lipinski definition) is 3. The molecule has 4 rings (SSSR count). The molecule has 2 heterocycles. The molecule has 1 saturated heterocycles. The molecule has 1 aromatic carbocycles. The minimum atomic E-state index is -0.830. The maximum Gasteiger partial charge on any atom is 0.173 e. The van der Waals surface area contributed by atoms with Crippen molar-refractivity contribution in [1.29, 1.82) is 5.41 Å². The highest BCUT2D eigenvalue weighted by molar-refractivity contribution is 6.15. The van der Waals surface area contributed by atoms with Gasteiger partial charge < -0.3 is 16.0 Å². The molecule has 2 unspecified atom stereocenters. The number of fused-ring (bicyclic) bond motifs is 1. The third-order valence-electron chi connectivity index (χ3n) is 6.93. The summed E-state index contributed by atoms with van der Waals surface area (Å²) in [6.07, 6.45) is 15.0. The third kappa shape index (κ3) is 4.95. The van der Waals surface area contributed by atoms with E-state index >= 15 is 0 Å². The van der Waals surface area contributed by atoms with E-state index in [4.69, 9.17) is 16.1 Å². The molecule has 3 aliphatic rings. The number of anilines is 1. The molecule has 0 aromatic heterocycles. The zero-order chi connectivity index (χ0) is 22.4. The number of amidine groups is 2. The molecule has 1 fully saturated rings. The quantitative estimate of drug-likeness (QED) is 0.327. The molecule has 0 amide bonds.